The van der Waals surface area contributed by atoms with Gasteiger partial charge in [-0.15, -0.1) is 0 Å². The Morgan fingerprint density at radius 1 is 1.15 bits per heavy atom. The lowest BCUT2D eigenvalue weighted by Gasteiger charge is -2.44. The molecule has 0 N–H and O–H groups in total. The van der Waals surface area contributed by atoms with E-state index >= 15 is 0 Å². The molecule has 5 heteroatoms. The van der Waals surface area contributed by atoms with Gasteiger partial charge in [0.1, 0.15) is 0 Å². The molecule has 1 heterocycles. The number of ether oxygens (including phenoxy) is 2. The molecule has 0 saturated carbocycles. The van der Waals surface area contributed by atoms with E-state index in [0.29, 0.717) is 0 Å². The Labute approximate surface area is 125 Å². The SMILES string of the molecule is CCO[Si](CC)(CCCC(OC)C1(C)COC1)OCC. The fourth-order valence-corrected chi connectivity index (χ4v) is 5.94. The summed E-state index contributed by atoms with van der Waals surface area (Å²) < 4.78 is 23.0. The predicted molar refractivity (Wildman–Crippen MR) is 83.3 cm³/mol. The first kappa shape index (κ1) is 18.1. The van der Waals surface area contributed by atoms with E-state index in [9.17, 15) is 0 Å². The molecule has 1 aliphatic rings. The van der Waals surface area contributed by atoms with Crippen LogP contribution in [0.3, 0.4) is 0 Å². The first-order valence-corrected chi connectivity index (χ1v) is 10.2. The minimum absolute atomic E-state index is 0.197. The highest BCUT2D eigenvalue weighted by Crippen LogP contribution is 2.35. The van der Waals surface area contributed by atoms with E-state index in [1.165, 1.54) is 0 Å². The van der Waals surface area contributed by atoms with Gasteiger partial charge < -0.3 is 18.3 Å². The Kier molecular flexibility index (Phi) is 7.68. The maximum Gasteiger partial charge on any atom is 0.337 e. The molecule has 0 aromatic heterocycles. The average Bonchev–Trinajstić information content (AvgIpc) is 2.41. The maximum atomic E-state index is 6.01. The topological polar surface area (TPSA) is 36.9 Å². The average molecular weight is 305 g/mol. The third kappa shape index (κ3) is 4.53. The molecule has 0 aliphatic carbocycles. The molecule has 120 valence electrons. The summed E-state index contributed by atoms with van der Waals surface area (Å²) in [5, 5.41) is 0. The van der Waals surface area contributed by atoms with Gasteiger partial charge >= 0.3 is 8.56 Å². The van der Waals surface area contributed by atoms with Gasteiger partial charge in [0.05, 0.1) is 19.3 Å². The van der Waals surface area contributed by atoms with Crippen LogP contribution in [0.1, 0.15) is 40.5 Å². The fraction of sp³-hybridized carbons (Fsp3) is 1.00. The molecular weight excluding hydrogens is 272 g/mol. The van der Waals surface area contributed by atoms with Crippen LogP contribution in [0.15, 0.2) is 0 Å². The highest BCUT2D eigenvalue weighted by Gasteiger charge is 2.42. The van der Waals surface area contributed by atoms with E-state index in [-0.39, 0.29) is 11.5 Å². The monoisotopic (exact) mass is 304 g/mol. The second-order valence-corrected chi connectivity index (χ2v) is 9.50. The second kappa shape index (κ2) is 8.49. The summed E-state index contributed by atoms with van der Waals surface area (Å²) in [6.45, 7) is 11.7. The van der Waals surface area contributed by atoms with Gasteiger partial charge in [-0.1, -0.05) is 13.8 Å². The molecule has 20 heavy (non-hydrogen) atoms. The smallest absolute Gasteiger partial charge is 0.337 e. The minimum atomic E-state index is -1.99. The lowest BCUT2D eigenvalue weighted by molar-refractivity contribution is -0.171. The number of methoxy groups -OCH3 is 1. The molecule has 0 bridgehead atoms. The Hall–Kier alpha value is 0.0569. The summed E-state index contributed by atoms with van der Waals surface area (Å²) in [7, 11) is -0.178. The van der Waals surface area contributed by atoms with Crippen molar-refractivity contribution in [3.05, 3.63) is 0 Å². The van der Waals surface area contributed by atoms with Crippen molar-refractivity contribution < 1.29 is 18.3 Å². The van der Waals surface area contributed by atoms with E-state index in [1.807, 2.05) is 7.11 Å². The van der Waals surface area contributed by atoms with Crippen LogP contribution in [-0.4, -0.2) is 48.2 Å². The molecule has 1 saturated heterocycles. The lowest BCUT2D eigenvalue weighted by atomic mass is 9.80. The summed E-state index contributed by atoms with van der Waals surface area (Å²) in [5.74, 6) is 0. The maximum absolute atomic E-state index is 6.01. The Bertz CT molecular complexity index is 263. The van der Waals surface area contributed by atoms with E-state index in [4.69, 9.17) is 18.3 Å². The minimum Gasteiger partial charge on any atom is -0.394 e. The normalized spacial score (nSPS) is 19.6. The molecule has 0 aromatic carbocycles. The van der Waals surface area contributed by atoms with Gasteiger partial charge in [-0.3, -0.25) is 0 Å². The van der Waals surface area contributed by atoms with Crippen molar-refractivity contribution in [3.8, 4) is 0 Å². The summed E-state index contributed by atoms with van der Waals surface area (Å²) in [6, 6.07) is 2.08. The van der Waals surface area contributed by atoms with Crippen LogP contribution in [-0.2, 0) is 18.3 Å². The Morgan fingerprint density at radius 3 is 2.10 bits per heavy atom. The largest absolute Gasteiger partial charge is 0.394 e. The van der Waals surface area contributed by atoms with E-state index in [0.717, 1.165) is 51.4 Å². The fourth-order valence-electron chi connectivity index (χ4n) is 3.01. The second-order valence-electron chi connectivity index (χ2n) is 5.89. The molecule has 4 nitrogen and oxygen atoms in total. The summed E-state index contributed by atoms with van der Waals surface area (Å²) in [6.07, 6.45) is 2.45. The number of hydrogen-bond acceptors (Lipinski definition) is 4. The van der Waals surface area contributed by atoms with E-state index in [2.05, 4.69) is 27.7 Å². The summed E-state index contributed by atoms with van der Waals surface area (Å²) >= 11 is 0. The van der Waals surface area contributed by atoms with Gasteiger partial charge in [-0.05, 0) is 38.8 Å². The molecule has 1 atom stereocenters. The van der Waals surface area contributed by atoms with Gasteiger partial charge in [-0.25, -0.2) is 0 Å². The summed E-state index contributed by atoms with van der Waals surface area (Å²) in [5.41, 5.74) is 0.197. The van der Waals surface area contributed by atoms with Crippen molar-refractivity contribution in [2.45, 2.75) is 58.7 Å². The summed E-state index contributed by atoms with van der Waals surface area (Å²) in [4.78, 5) is 0. The van der Waals surface area contributed by atoms with Crippen LogP contribution in [0.2, 0.25) is 12.1 Å². The molecule has 1 fully saturated rings. The van der Waals surface area contributed by atoms with Gasteiger partial charge in [-0.2, -0.15) is 0 Å². The predicted octanol–water partition coefficient (Wildman–Crippen LogP) is 3.35. The number of hydrogen-bond donors (Lipinski definition) is 0. The third-order valence-corrected chi connectivity index (χ3v) is 8.13. The van der Waals surface area contributed by atoms with Gasteiger partial charge in [0.2, 0.25) is 0 Å². The van der Waals surface area contributed by atoms with E-state index in [1.54, 1.807) is 0 Å². The van der Waals surface area contributed by atoms with Crippen molar-refractivity contribution in [1.82, 2.24) is 0 Å². The zero-order valence-electron chi connectivity index (χ0n) is 13.9. The van der Waals surface area contributed by atoms with Crippen LogP contribution in [0.25, 0.3) is 0 Å². The zero-order chi connectivity index (χ0) is 15.1. The van der Waals surface area contributed by atoms with Crippen molar-refractivity contribution >= 4 is 8.56 Å². The van der Waals surface area contributed by atoms with Crippen LogP contribution in [0.5, 0.6) is 0 Å². The van der Waals surface area contributed by atoms with Crippen molar-refractivity contribution in [1.29, 1.82) is 0 Å². The van der Waals surface area contributed by atoms with Crippen LogP contribution in [0.4, 0.5) is 0 Å². The first-order chi connectivity index (χ1) is 9.55. The molecule has 0 amide bonds. The molecular formula is C15H32O4Si. The highest BCUT2D eigenvalue weighted by molar-refractivity contribution is 6.67. The van der Waals surface area contributed by atoms with Crippen LogP contribution in [0, 0.1) is 5.41 Å². The van der Waals surface area contributed by atoms with E-state index < -0.39 is 8.56 Å². The van der Waals surface area contributed by atoms with Crippen molar-refractivity contribution in [3.63, 3.8) is 0 Å². The highest BCUT2D eigenvalue weighted by atomic mass is 28.4. The van der Waals surface area contributed by atoms with Crippen molar-refractivity contribution in [2.24, 2.45) is 5.41 Å². The van der Waals surface area contributed by atoms with Crippen LogP contribution < -0.4 is 0 Å². The first-order valence-electron chi connectivity index (χ1n) is 7.94. The van der Waals surface area contributed by atoms with Crippen molar-refractivity contribution in [2.75, 3.05) is 33.5 Å². The lowest BCUT2D eigenvalue weighted by Crippen LogP contribution is -2.50. The third-order valence-electron chi connectivity index (χ3n) is 4.30. The van der Waals surface area contributed by atoms with Gasteiger partial charge in [0.15, 0.2) is 0 Å². The quantitative estimate of drug-likeness (QED) is 0.549. The van der Waals surface area contributed by atoms with Crippen LogP contribution >= 0.6 is 0 Å². The molecule has 1 unspecified atom stereocenters. The molecule has 0 aromatic rings. The number of rotatable bonds is 11. The standard InChI is InChI=1S/C15H32O4Si/c1-6-18-20(8-3,19-7-2)11-9-10-14(16-5)15(4)12-17-13-15/h14H,6-13H2,1-5H3. The Morgan fingerprint density at radius 2 is 1.75 bits per heavy atom. The van der Waals surface area contributed by atoms with Gasteiger partial charge in [0, 0.05) is 25.7 Å². The Balaban J connectivity index is 2.45. The molecule has 1 aliphatic heterocycles. The zero-order valence-corrected chi connectivity index (χ0v) is 14.9. The van der Waals surface area contributed by atoms with Gasteiger partial charge in [0.25, 0.3) is 0 Å². The molecule has 0 spiro atoms. The molecule has 0 radical (unpaired) electrons. The molecule has 1 rings (SSSR count).